The van der Waals surface area contributed by atoms with Crippen molar-refractivity contribution in [2.45, 2.75) is 26.2 Å². The quantitative estimate of drug-likeness (QED) is 0.0977. The summed E-state index contributed by atoms with van der Waals surface area (Å²) in [6.07, 6.45) is 2.55. The van der Waals surface area contributed by atoms with Crippen molar-refractivity contribution in [3.05, 3.63) is 84.9 Å². The van der Waals surface area contributed by atoms with E-state index in [0.29, 0.717) is 59.1 Å². The van der Waals surface area contributed by atoms with Crippen LogP contribution in [0, 0.1) is 0 Å². The van der Waals surface area contributed by atoms with Crippen LogP contribution in [0.3, 0.4) is 0 Å². The second-order valence-corrected chi connectivity index (χ2v) is 12.4. The first-order valence-corrected chi connectivity index (χ1v) is 17.1. The molecule has 0 saturated heterocycles. The zero-order valence-corrected chi connectivity index (χ0v) is 29.5. The molecule has 11 heteroatoms. The number of ether oxygens (including phenoxy) is 6. The van der Waals surface area contributed by atoms with Crippen molar-refractivity contribution >= 4 is 27.5 Å². The van der Waals surface area contributed by atoms with E-state index in [1.165, 1.54) is 11.6 Å². The first-order valence-electron chi connectivity index (χ1n) is 16.2. The van der Waals surface area contributed by atoms with Crippen molar-refractivity contribution in [2.75, 3.05) is 41.7 Å². The number of fused-ring (bicyclic) bond motifs is 1. The molecule has 0 radical (unpaired) electrons. The van der Waals surface area contributed by atoms with Crippen LogP contribution in [0.1, 0.15) is 31.0 Å². The van der Waals surface area contributed by atoms with Gasteiger partial charge in [0, 0.05) is 23.6 Å². The molecule has 2 heterocycles. The molecule has 0 amide bonds. The summed E-state index contributed by atoms with van der Waals surface area (Å²) in [5.74, 6) is 3.54. The maximum atomic E-state index is 12.6. The molecule has 6 aromatic rings. The number of carbonyl (C=O) groups is 1. The molecule has 0 atom stereocenters. The predicted octanol–water partition coefficient (Wildman–Crippen LogP) is 8.82. The van der Waals surface area contributed by atoms with E-state index in [2.05, 4.69) is 11.2 Å². The number of rotatable bonds is 15. The minimum Gasteiger partial charge on any atom is -0.493 e. The summed E-state index contributed by atoms with van der Waals surface area (Å²) in [5, 5.41) is 5.55. The highest BCUT2D eigenvalue weighted by Crippen LogP contribution is 2.38. The van der Waals surface area contributed by atoms with Gasteiger partial charge in [0.25, 0.3) is 0 Å². The number of methoxy groups -OCH3 is 4. The number of hydrogen-bond donors (Lipinski definition) is 0. The first-order chi connectivity index (χ1) is 24.4. The Labute approximate surface area is 295 Å². The number of para-hydroxylation sites is 1. The van der Waals surface area contributed by atoms with Crippen LogP contribution in [0.2, 0.25) is 0 Å². The van der Waals surface area contributed by atoms with Crippen molar-refractivity contribution in [2.24, 2.45) is 0 Å². The fraction of sp³-hybridized carbons (Fsp3) is 0.256. The Morgan fingerprint density at radius 2 is 1.20 bits per heavy atom. The van der Waals surface area contributed by atoms with E-state index in [9.17, 15) is 4.79 Å². The van der Waals surface area contributed by atoms with Crippen LogP contribution < -0.4 is 28.4 Å². The topological polar surface area (TPSA) is 103 Å². The maximum absolute atomic E-state index is 12.6. The summed E-state index contributed by atoms with van der Waals surface area (Å²) in [6.45, 7) is 2.50. The van der Waals surface area contributed by atoms with Gasteiger partial charge in [-0.1, -0.05) is 12.1 Å². The summed E-state index contributed by atoms with van der Waals surface area (Å²) < 4.78 is 36.9. The number of hydrogen-bond acceptors (Lipinski definition) is 10. The molecule has 0 bridgehead atoms. The van der Waals surface area contributed by atoms with Gasteiger partial charge in [-0.05, 0) is 92.1 Å². The lowest BCUT2D eigenvalue weighted by Crippen LogP contribution is -2.09. The molecule has 258 valence electrons. The fourth-order valence-corrected chi connectivity index (χ4v) is 6.54. The molecule has 2 aromatic heterocycles. The van der Waals surface area contributed by atoms with Gasteiger partial charge < -0.3 is 28.4 Å². The van der Waals surface area contributed by atoms with Gasteiger partial charge >= 0.3 is 0 Å². The smallest absolute Gasteiger partial charge is 0.244 e. The summed E-state index contributed by atoms with van der Waals surface area (Å²) in [5.41, 5.74) is 4.80. The van der Waals surface area contributed by atoms with Crippen LogP contribution in [0.25, 0.3) is 43.3 Å². The molecule has 0 fully saturated rings. The van der Waals surface area contributed by atoms with Crippen molar-refractivity contribution < 1.29 is 33.2 Å². The highest BCUT2D eigenvalue weighted by molar-refractivity contribution is 7.21. The molecule has 0 unspecified atom stereocenters. The Hall–Kier alpha value is -5.55. The second-order valence-electron chi connectivity index (χ2n) is 11.4. The molecule has 10 nitrogen and oxygen atoms in total. The summed E-state index contributed by atoms with van der Waals surface area (Å²) in [4.78, 5) is 17.4. The lowest BCUT2D eigenvalue weighted by Gasteiger charge is -2.13. The SMILES string of the molecule is COc1ccc(-c2cc(-c3ccc(OC)c(OCCCCCOc4cc(-c5nc6ccccc6s5)ccc4OC)c3)n(C(C)=O)n2)cc1OC. The van der Waals surface area contributed by atoms with Crippen LogP contribution in [0.4, 0.5) is 0 Å². The van der Waals surface area contributed by atoms with Crippen LogP contribution >= 0.6 is 11.3 Å². The third-order valence-corrected chi connectivity index (χ3v) is 9.24. The van der Waals surface area contributed by atoms with E-state index < -0.39 is 0 Å². The Morgan fingerprint density at radius 1 is 0.640 bits per heavy atom. The molecule has 0 aliphatic carbocycles. The fourth-order valence-electron chi connectivity index (χ4n) is 5.58. The van der Waals surface area contributed by atoms with Gasteiger partial charge in [0.15, 0.2) is 34.5 Å². The van der Waals surface area contributed by atoms with Gasteiger partial charge in [0.2, 0.25) is 5.91 Å². The Bertz CT molecular complexity index is 2070. The largest absolute Gasteiger partial charge is 0.493 e. The van der Waals surface area contributed by atoms with Crippen LogP contribution in [-0.2, 0) is 0 Å². The van der Waals surface area contributed by atoms with E-state index in [1.54, 1.807) is 39.8 Å². The standard InChI is InChI=1S/C39H39N3O7S/c1-25(43)42-31(24-30(41-42)26-13-16-32(44-2)35(21-26)47-5)27-14-17-33(45-3)36(22-27)48-19-9-6-10-20-49-37-23-28(15-18-34(37)46-4)39-40-29-11-7-8-12-38(29)50-39/h7-8,11-18,21-24H,6,9-10,19-20H2,1-5H3. The van der Waals surface area contributed by atoms with E-state index in [-0.39, 0.29) is 5.91 Å². The Balaban J connectivity index is 1.07. The molecule has 4 aromatic carbocycles. The minimum atomic E-state index is -0.215. The van der Waals surface area contributed by atoms with Gasteiger partial charge in [0.05, 0.1) is 63.3 Å². The maximum Gasteiger partial charge on any atom is 0.244 e. The lowest BCUT2D eigenvalue weighted by atomic mass is 10.1. The zero-order chi connectivity index (χ0) is 35.0. The second kappa shape index (κ2) is 15.8. The predicted molar refractivity (Wildman–Crippen MR) is 196 cm³/mol. The molecule has 0 aliphatic rings. The lowest BCUT2D eigenvalue weighted by molar-refractivity contribution is 0.0923. The Kier molecular flexibility index (Phi) is 10.8. The average molecular weight is 694 g/mol. The van der Waals surface area contributed by atoms with Crippen LogP contribution in [0.15, 0.2) is 84.9 Å². The molecular weight excluding hydrogens is 655 g/mol. The van der Waals surface area contributed by atoms with Gasteiger partial charge in [-0.2, -0.15) is 9.78 Å². The number of aromatic nitrogens is 3. The van der Waals surface area contributed by atoms with Crippen molar-refractivity contribution in [3.63, 3.8) is 0 Å². The average Bonchev–Trinajstić information content (AvgIpc) is 3.80. The highest BCUT2D eigenvalue weighted by atomic mass is 32.1. The summed E-state index contributed by atoms with van der Waals surface area (Å²) in [6, 6.07) is 27.0. The normalized spacial score (nSPS) is 11.0. The molecular formula is C39H39N3O7S. The molecule has 0 N–H and O–H groups in total. The van der Waals surface area contributed by atoms with Crippen molar-refractivity contribution in [3.8, 4) is 67.6 Å². The van der Waals surface area contributed by atoms with Gasteiger partial charge in [-0.3, -0.25) is 4.79 Å². The number of benzene rings is 4. The zero-order valence-electron chi connectivity index (χ0n) is 28.7. The molecule has 6 rings (SSSR count). The Morgan fingerprint density at radius 3 is 1.82 bits per heavy atom. The monoisotopic (exact) mass is 693 g/mol. The number of thiazole rings is 1. The van der Waals surface area contributed by atoms with Gasteiger partial charge in [-0.25, -0.2) is 4.98 Å². The van der Waals surface area contributed by atoms with Gasteiger partial charge in [0.1, 0.15) is 5.01 Å². The first kappa shape index (κ1) is 34.3. The summed E-state index contributed by atoms with van der Waals surface area (Å²) >= 11 is 1.66. The van der Waals surface area contributed by atoms with Crippen LogP contribution in [-0.4, -0.2) is 62.3 Å². The molecule has 0 spiro atoms. The van der Waals surface area contributed by atoms with Crippen molar-refractivity contribution in [1.82, 2.24) is 14.8 Å². The number of carbonyl (C=O) groups excluding carboxylic acids is 1. The van der Waals surface area contributed by atoms with Crippen LogP contribution in [0.5, 0.6) is 34.5 Å². The molecule has 50 heavy (non-hydrogen) atoms. The molecule has 0 aliphatic heterocycles. The van der Waals surface area contributed by atoms with E-state index in [4.69, 9.17) is 33.4 Å². The third-order valence-electron chi connectivity index (χ3n) is 8.15. The number of nitrogens with zero attached hydrogens (tertiary/aromatic N) is 3. The third kappa shape index (κ3) is 7.52. The van der Waals surface area contributed by atoms with E-state index in [1.807, 2.05) is 78.9 Å². The highest BCUT2D eigenvalue weighted by Gasteiger charge is 2.18. The van der Waals surface area contributed by atoms with E-state index >= 15 is 0 Å². The van der Waals surface area contributed by atoms with Gasteiger partial charge in [-0.15, -0.1) is 11.3 Å². The van der Waals surface area contributed by atoms with E-state index in [0.717, 1.165) is 51.2 Å². The minimum absolute atomic E-state index is 0.215. The molecule has 0 saturated carbocycles. The number of unbranched alkanes of at least 4 members (excludes halogenated alkanes) is 2. The van der Waals surface area contributed by atoms with Crippen molar-refractivity contribution in [1.29, 1.82) is 0 Å². The summed E-state index contributed by atoms with van der Waals surface area (Å²) in [7, 11) is 6.42.